The van der Waals surface area contributed by atoms with Crippen LogP contribution in [0, 0.1) is 5.82 Å². The number of benzene rings is 1. The molecule has 0 aliphatic carbocycles. The van der Waals surface area contributed by atoms with Crippen LogP contribution in [0.15, 0.2) is 36.5 Å². The molecule has 0 bridgehead atoms. The molecule has 4 nitrogen and oxygen atoms in total. The predicted octanol–water partition coefficient (Wildman–Crippen LogP) is 2.91. The van der Waals surface area contributed by atoms with Gasteiger partial charge in [-0.2, -0.15) is 0 Å². The zero-order valence-corrected chi connectivity index (χ0v) is 11.1. The van der Waals surface area contributed by atoms with Crippen molar-refractivity contribution >= 4 is 23.2 Å². The fourth-order valence-electron chi connectivity index (χ4n) is 2.10. The van der Waals surface area contributed by atoms with Crippen LogP contribution < -0.4 is 9.64 Å². The lowest BCUT2D eigenvalue weighted by molar-refractivity contribution is 0.0976. The van der Waals surface area contributed by atoms with E-state index in [1.165, 1.54) is 4.90 Å². The van der Waals surface area contributed by atoms with Gasteiger partial charge in [-0.05, 0) is 18.2 Å². The molecule has 2 aromatic rings. The summed E-state index contributed by atoms with van der Waals surface area (Å²) in [6, 6.07) is 8.27. The number of aromatic nitrogens is 1. The van der Waals surface area contributed by atoms with Crippen molar-refractivity contribution < 1.29 is 13.9 Å². The number of hydrogen-bond donors (Lipinski definition) is 0. The van der Waals surface area contributed by atoms with Crippen molar-refractivity contribution in [1.29, 1.82) is 0 Å². The van der Waals surface area contributed by atoms with Gasteiger partial charge in [-0.25, -0.2) is 9.37 Å². The van der Waals surface area contributed by atoms with Crippen LogP contribution in [0.3, 0.4) is 0 Å². The lowest BCUT2D eigenvalue weighted by Gasteiger charge is -2.29. The predicted molar refractivity (Wildman–Crippen MR) is 72.8 cm³/mol. The maximum atomic E-state index is 13.3. The summed E-state index contributed by atoms with van der Waals surface area (Å²) in [7, 11) is 0. The van der Waals surface area contributed by atoms with E-state index in [4.69, 9.17) is 16.3 Å². The number of nitrogens with zero attached hydrogens (tertiary/aromatic N) is 2. The van der Waals surface area contributed by atoms with Crippen LogP contribution in [0.4, 0.5) is 10.1 Å². The molecule has 0 saturated carbocycles. The molecule has 1 aliphatic rings. The second-order valence-corrected chi connectivity index (χ2v) is 4.62. The molecule has 102 valence electrons. The van der Waals surface area contributed by atoms with Crippen molar-refractivity contribution in [2.45, 2.75) is 0 Å². The molecule has 0 saturated heterocycles. The summed E-state index contributed by atoms with van der Waals surface area (Å²) >= 11 is 5.88. The van der Waals surface area contributed by atoms with E-state index >= 15 is 0 Å². The Bertz CT molecular complexity index is 678. The number of amides is 1. The first-order valence-corrected chi connectivity index (χ1v) is 6.39. The van der Waals surface area contributed by atoms with Gasteiger partial charge >= 0.3 is 0 Å². The van der Waals surface area contributed by atoms with Crippen molar-refractivity contribution in [3.63, 3.8) is 0 Å². The van der Waals surface area contributed by atoms with Crippen molar-refractivity contribution in [3.05, 3.63) is 53.1 Å². The number of carbonyl (C=O) groups excluding carboxylic acids is 1. The second kappa shape index (κ2) is 5.09. The van der Waals surface area contributed by atoms with Crippen molar-refractivity contribution in [1.82, 2.24) is 4.98 Å². The van der Waals surface area contributed by atoms with Gasteiger partial charge in [0.15, 0.2) is 0 Å². The molecule has 1 aliphatic heterocycles. The van der Waals surface area contributed by atoms with E-state index in [-0.39, 0.29) is 10.7 Å². The monoisotopic (exact) mass is 292 g/mol. The number of fused-ring (bicyclic) bond motifs is 1. The zero-order chi connectivity index (χ0) is 14.1. The molecule has 3 rings (SSSR count). The maximum Gasteiger partial charge on any atom is 0.261 e. The molecule has 1 aromatic carbocycles. The lowest BCUT2D eigenvalue weighted by Crippen LogP contribution is -2.38. The molecule has 0 unspecified atom stereocenters. The second-order valence-electron chi connectivity index (χ2n) is 4.26. The first kappa shape index (κ1) is 12.9. The quantitative estimate of drug-likeness (QED) is 0.759. The molecule has 0 atom stereocenters. The minimum Gasteiger partial charge on any atom is -0.490 e. The average molecular weight is 293 g/mol. The van der Waals surface area contributed by atoms with E-state index in [9.17, 15) is 9.18 Å². The summed E-state index contributed by atoms with van der Waals surface area (Å²) in [5.41, 5.74) is 0.687. The summed E-state index contributed by atoms with van der Waals surface area (Å²) in [6.07, 6.45) is 0.979. The Morgan fingerprint density at radius 3 is 3.05 bits per heavy atom. The van der Waals surface area contributed by atoms with Crippen LogP contribution in [0.2, 0.25) is 5.15 Å². The van der Waals surface area contributed by atoms with Gasteiger partial charge in [0.2, 0.25) is 0 Å². The summed E-state index contributed by atoms with van der Waals surface area (Å²) in [4.78, 5) is 17.7. The number of para-hydroxylation sites is 2. The first-order valence-electron chi connectivity index (χ1n) is 6.01. The highest BCUT2D eigenvalue weighted by molar-refractivity contribution is 6.33. The summed E-state index contributed by atoms with van der Waals surface area (Å²) in [5.74, 6) is -0.371. The fourth-order valence-corrected chi connectivity index (χ4v) is 2.28. The number of pyridine rings is 1. The minimum atomic E-state index is -0.598. The number of hydrogen-bond acceptors (Lipinski definition) is 3. The van der Waals surface area contributed by atoms with Crippen LogP contribution in [0.1, 0.15) is 10.4 Å². The third-order valence-corrected chi connectivity index (χ3v) is 3.31. The lowest BCUT2D eigenvalue weighted by atomic mass is 10.2. The number of anilines is 1. The minimum absolute atomic E-state index is 0.0135. The Labute approximate surface area is 119 Å². The largest absolute Gasteiger partial charge is 0.490 e. The van der Waals surface area contributed by atoms with Gasteiger partial charge in [0.05, 0.1) is 24.0 Å². The topological polar surface area (TPSA) is 42.4 Å². The van der Waals surface area contributed by atoms with E-state index in [0.717, 1.165) is 12.3 Å². The highest BCUT2D eigenvalue weighted by Crippen LogP contribution is 2.32. The standard InChI is InChI=1S/C14H10ClFN2O2/c15-13-10(7-9(16)8-17-13)14(19)18-5-6-20-12-4-2-1-3-11(12)18/h1-4,7-8H,5-6H2. The van der Waals surface area contributed by atoms with Gasteiger partial charge in [-0.1, -0.05) is 23.7 Å². The van der Waals surface area contributed by atoms with E-state index < -0.39 is 11.7 Å². The van der Waals surface area contributed by atoms with Crippen LogP contribution in [0.5, 0.6) is 5.75 Å². The number of carbonyl (C=O) groups is 1. The highest BCUT2D eigenvalue weighted by Gasteiger charge is 2.26. The smallest absolute Gasteiger partial charge is 0.261 e. The van der Waals surface area contributed by atoms with E-state index in [2.05, 4.69) is 4.98 Å². The van der Waals surface area contributed by atoms with Crippen LogP contribution >= 0.6 is 11.6 Å². The van der Waals surface area contributed by atoms with Crippen molar-refractivity contribution in [2.24, 2.45) is 0 Å². The van der Waals surface area contributed by atoms with Crippen LogP contribution in [-0.4, -0.2) is 24.0 Å². The third-order valence-electron chi connectivity index (χ3n) is 3.01. The molecule has 0 N–H and O–H groups in total. The molecular weight excluding hydrogens is 283 g/mol. The van der Waals surface area contributed by atoms with Gasteiger partial charge in [0.25, 0.3) is 5.91 Å². The summed E-state index contributed by atoms with van der Waals surface area (Å²) in [5, 5.41) is -0.0135. The molecular formula is C14H10ClFN2O2. The highest BCUT2D eigenvalue weighted by atomic mass is 35.5. The van der Waals surface area contributed by atoms with Gasteiger partial charge in [-0.3, -0.25) is 4.79 Å². The molecule has 6 heteroatoms. The Kier molecular flexibility index (Phi) is 3.28. The molecule has 1 aromatic heterocycles. The molecule has 0 fully saturated rings. The van der Waals surface area contributed by atoms with Gasteiger partial charge < -0.3 is 9.64 Å². The van der Waals surface area contributed by atoms with Crippen molar-refractivity contribution in [2.75, 3.05) is 18.1 Å². The maximum absolute atomic E-state index is 13.3. The molecule has 0 spiro atoms. The fraction of sp³-hybridized carbons (Fsp3) is 0.143. The normalized spacial score (nSPS) is 13.6. The van der Waals surface area contributed by atoms with E-state index in [0.29, 0.717) is 24.6 Å². The Hall–Kier alpha value is -2.14. The number of ether oxygens (including phenoxy) is 1. The summed E-state index contributed by atoms with van der Waals surface area (Å²) < 4.78 is 18.7. The SMILES string of the molecule is O=C(c1cc(F)cnc1Cl)N1CCOc2ccccc21. The third kappa shape index (κ3) is 2.20. The molecule has 2 heterocycles. The zero-order valence-electron chi connectivity index (χ0n) is 10.3. The number of rotatable bonds is 1. The summed E-state index contributed by atoms with van der Waals surface area (Å²) in [6.45, 7) is 0.756. The number of halogens is 2. The van der Waals surface area contributed by atoms with Crippen LogP contribution in [0.25, 0.3) is 0 Å². The van der Waals surface area contributed by atoms with Crippen molar-refractivity contribution in [3.8, 4) is 5.75 Å². The Balaban J connectivity index is 2.02. The first-order chi connectivity index (χ1) is 9.66. The molecule has 0 radical (unpaired) electrons. The molecule has 20 heavy (non-hydrogen) atoms. The van der Waals surface area contributed by atoms with Crippen LogP contribution in [-0.2, 0) is 0 Å². The van der Waals surface area contributed by atoms with E-state index in [1.807, 2.05) is 6.07 Å². The molecule has 1 amide bonds. The van der Waals surface area contributed by atoms with Gasteiger partial charge in [-0.15, -0.1) is 0 Å². The van der Waals surface area contributed by atoms with E-state index in [1.54, 1.807) is 18.2 Å². The average Bonchev–Trinajstić information content (AvgIpc) is 2.48. The Morgan fingerprint density at radius 2 is 2.20 bits per heavy atom. The Morgan fingerprint density at radius 1 is 1.40 bits per heavy atom. The van der Waals surface area contributed by atoms with Gasteiger partial charge in [0, 0.05) is 0 Å². The van der Waals surface area contributed by atoms with Gasteiger partial charge in [0.1, 0.15) is 23.3 Å².